The van der Waals surface area contributed by atoms with Crippen molar-refractivity contribution in [3.05, 3.63) is 53.1 Å². The van der Waals surface area contributed by atoms with E-state index in [1.165, 1.54) is 0 Å². The van der Waals surface area contributed by atoms with Gasteiger partial charge in [-0.2, -0.15) is 0 Å². The van der Waals surface area contributed by atoms with Gasteiger partial charge in [0.25, 0.3) is 0 Å². The van der Waals surface area contributed by atoms with Gasteiger partial charge in [-0.15, -0.1) is 0 Å². The molecule has 0 aliphatic rings. The van der Waals surface area contributed by atoms with Crippen molar-refractivity contribution < 1.29 is 14.2 Å². The largest absolute Gasteiger partial charge is 0.490 e. The highest BCUT2D eigenvalue weighted by Crippen LogP contribution is 2.29. The number of ether oxygens (including phenoxy) is 3. The van der Waals surface area contributed by atoms with E-state index in [1.807, 2.05) is 25.1 Å². The Bertz CT molecular complexity index is 679. The van der Waals surface area contributed by atoms with Crippen molar-refractivity contribution in [1.82, 2.24) is 0 Å². The fourth-order valence-electron chi connectivity index (χ4n) is 1.91. The van der Waals surface area contributed by atoms with Crippen LogP contribution >= 0.6 is 23.8 Å². The minimum Gasteiger partial charge on any atom is -0.490 e. The summed E-state index contributed by atoms with van der Waals surface area (Å²) in [6, 6.07) is 12.7. The van der Waals surface area contributed by atoms with Crippen molar-refractivity contribution in [2.45, 2.75) is 6.92 Å². The minimum atomic E-state index is 0.319. The molecular weight excluding hydrogens is 334 g/mol. The van der Waals surface area contributed by atoms with Crippen LogP contribution < -0.4 is 19.9 Å². The zero-order valence-electron chi connectivity index (χ0n) is 12.8. The number of hydrogen-bond acceptors (Lipinski definition) is 4. The molecule has 0 amide bonds. The fraction of sp³-hybridized carbons (Fsp3) is 0.235. The van der Waals surface area contributed by atoms with E-state index >= 15 is 0 Å². The van der Waals surface area contributed by atoms with Crippen LogP contribution in [0, 0.1) is 0 Å². The maximum Gasteiger partial charge on any atom is 0.161 e. The molecule has 2 N–H and O–H groups in total. The highest BCUT2D eigenvalue weighted by molar-refractivity contribution is 7.80. The van der Waals surface area contributed by atoms with Gasteiger partial charge in [0.05, 0.1) is 11.6 Å². The first-order valence-electron chi connectivity index (χ1n) is 7.18. The van der Waals surface area contributed by atoms with Gasteiger partial charge in [0.1, 0.15) is 24.0 Å². The average Bonchev–Trinajstić information content (AvgIpc) is 2.54. The lowest BCUT2D eigenvalue weighted by atomic mass is 10.2. The first-order chi connectivity index (χ1) is 11.1. The summed E-state index contributed by atoms with van der Waals surface area (Å²) in [7, 11) is 0. The highest BCUT2D eigenvalue weighted by atomic mass is 35.5. The molecule has 0 aromatic heterocycles. The van der Waals surface area contributed by atoms with Gasteiger partial charge in [-0.05, 0) is 37.3 Å². The molecule has 0 fully saturated rings. The predicted molar refractivity (Wildman–Crippen MR) is 95.9 cm³/mol. The third kappa shape index (κ3) is 5.01. The van der Waals surface area contributed by atoms with E-state index in [-0.39, 0.29) is 0 Å². The zero-order valence-corrected chi connectivity index (χ0v) is 14.3. The number of benzene rings is 2. The Hall–Kier alpha value is -1.98. The Morgan fingerprint density at radius 1 is 1.00 bits per heavy atom. The summed E-state index contributed by atoms with van der Waals surface area (Å²) in [6.07, 6.45) is 0. The van der Waals surface area contributed by atoms with Crippen molar-refractivity contribution >= 4 is 28.8 Å². The summed E-state index contributed by atoms with van der Waals surface area (Å²) in [4.78, 5) is 0.319. The molecule has 0 radical (unpaired) electrons. The number of rotatable bonds is 8. The van der Waals surface area contributed by atoms with Gasteiger partial charge < -0.3 is 19.9 Å². The van der Waals surface area contributed by atoms with Crippen LogP contribution in [0.15, 0.2) is 42.5 Å². The molecule has 0 bridgehead atoms. The van der Waals surface area contributed by atoms with Gasteiger partial charge in [0, 0.05) is 5.56 Å². The molecule has 2 rings (SSSR count). The SMILES string of the molecule is CCOc1cc(C(N)=S)ccc1OCCOc1ccccc1Cl. The van der Waals surface area contributed by atoms with E-state index in [4.69, 9.17) is 43.8 Å². The summed E-state index contributed by atoms with van der Waals surface area (Å²) >= 11 is 11.0. The van der Waals surface area contributed by atoms with Crippen LogP contribution in [0.25, 0.3) is 0 Å². The van der Waals surface area contributed by atoms with Crippen LogP contribution in [0.1, 0.15) is 12.5 Å². The third-order valence-corrected chi connectivity index (χ3v) is 3.51. The molecule has 0 atom stereocenters. The standard InChI is InChI=1S/C17H18ClNO3S/c1-2-20-16-11-12(17(19)23)7-8-15(16)22-10-9-21-14-6-4-3-5-13(14)18/h3-8,11H,2,9-10H2,1H3,(H2,19,23). The summed E-state index contributed by atoms with van der Waals surface area (Å²) in [5.41, 5.74) is 6.37. The minimum absolute atomic E-state index is 0.319. The van der Waals surface area contributed by atoms with Crippen LogP contribution in [-0.2, 0) is 0 Å². The molecule has 0 heterocycles. The van der Waals surface area contributed by atoms with Crippen LogP contribution in [0.3, 0.4) is 0 Å². The Morgan fingerprint density at radius 3 is 2.35 bits per heavy atom. The molecule has 0 aliphatic heterocycles. The molecule has 0 saturated carbocycles. The van der Waals surface area contributed by atoms with Gasteiger partial charge >= 0.3 is 0 Å². The first-order valence-corrected chi connectivity index (χ1v) is 7.97. The quantitative estimate of drug-likeness (QED) is 0.578. The van der Waals surface area contributed by atoms with Crippen LogP contribution in [-0.4, -0.2) is 24.8 Å². The second kappa shape index (κ2) is 8.60. The lowest BCUT2D eigenvalue weighted by molar-refractivity contribution is 0.208. The summed E-state index contributed by atoms with van der Waals surface area (Å²) in [6.45, 7) is 3.15. The van der Waals surface area contributed by atoms with Gasteiger partial charge in [-0.1, -0.05) is 36.0 Å². The normalized spacial score (nSPS) is 10.2. The van der Waals surface area contributed by atoms with Crippen molar-refractivity contribution in [3.8, 4) is 17.2 Å². The first kappa shape index (κ1) is 17.4. The molecule has 0 unspecified atom stereocenters. The van der Waals surface area contributed by atoms with E-state index < -0.39 is 0 Å². The molecule has 0 spiro atoms. The molecule has 0 saturated heterocycles. The van der Waals surface area contributed by atoms with E-state index in [0.29, 0.717) is 47.1 Å². The Balaban J connectivity index is 1.94. The maximum absolute atomic E-state index is 6.02. The van der Waals surface area contributed by atoms with E-state index in [9.17, 15) is 0 Å². The second-order valence-corrected chi connectivity index (χ2v) is 5.43. The van der Waals surface area contributed by atoms with Crippen molar-refractivity contribution in [3.63, 3.8) is 0 Å². The van der Waals surface area contributed by atoms with Gasteiger partial charge in [-0.3, -0.25) is 0 Å². The monoisotopic (exact) mass is 351 g/mol. The molecule has 4 nitrogen and oxygen atoms in total. The van der Waals surface area contributed by atoms with E-state index in [0.717, 1.165) is 5.56 Å². The Labute approximate surface area is 146 Å². The Kier molecular flexibility index (Phi) is 6.50. The molecule has 6 heteroatoms. The average molecular weight is 352 g/mol. The number of thiocarbonyl (C=S) groups is 1. The number of nitrogens with two attached hydrogens (primary N) is 1. The van der Waals surface area contributed by atoms with Crippen LogP contribution in [0.5, 0.6) is 17.2 Å². The molecule has 2 aromatic rings. The number of para-hydroxylation sites is 1. The molecule has 0 aliphatic carbocycles. The maximum atomic E-state index is 6.02. The molecule has 23 heavy (non-hydrogen) atoms. The number of halogens is 1. The summed E-state index contributed by atoms with van der Waals surface area (Å²) in [5, 5.41) is 0.573. The fourth-order valence-corrected chi connectivity index (χ4v) is 2.23. The second-order valence-electron chi connectivity index (χ2n) is 4.59. The smallest absolute Gasteiger partial charge is 0.161 e. The third-order valence-electron chi connectivity index (χ3n) is 2.96. The molecule has 122 valence electrons. The summed E-state index contributed by atoms with van der Waals surface area (Å²) < 4.78 is 16.9. The molecular formula is C17H18ClNO3S. The van der Waals surface area contributed by atoms with Crippen molar-refractivity contribution in [2.75, 3.05) is 19.8 Å². The molecule has 2 aromatic carbocycles. The van der Waals surface area contributed by atoms with Gasteiger partial charge in [0.2, 0.25) is 0 Å². The topological polar surface area (TPSA) is 53.7 Å². The summed E-state index contributed by atoms with van der Waals surface area (Å²) in [5.74, 6) is 1.86. The lowest BCUT2D eigenvalue weighted by Crippen LogP contribution is -2.12. The zero-order chi connectivity index (χ0) is 16.7. The van der Waals surface area contributed by atoms with Crippen molar-refractivity contribution in [1.29, 1.82) is 0 Å². The number of hydrogen-bond donors (Lipinski definition) is 1. The van der Waals surface area contributed by atoms with Gasteiger partial charge in [0.15, 0.2) is 11.5 Å². The van der Waals surface area contributed by atoms with Crippen LogP contribution in [0.4, 0.5) is 0 Å². The highest BCUT2D eigenvalue weighted by Gasteiger charge is 2.08. The van der Waals surface area contributed by atoms with Crippen molar-refractivity contribution in [2.24, 2.45) is 5.73 Å². The van der Waals surface area contributed by atoms with Gasteiger partial charge in [-0.25, -0.2) is 0 Å². The Morgan fingerprint density at radius 2 is 1.70 bits per heavy atom. The predicted octanol–water partition coefficient (Wildman–Crippen LogP) is 3.83. The van der Waals surface area contributed by atoms with Crippen LogP contribution in [0.2, 0.25) is 5.02 Å². The van der Waals surface area contributed by atoms with E-state index in [1.54, 1.807) is 24.3 Å². The van der Waals surface area contributed by atoms with E-state index in [2.05, 4.69) is 0 Å². The lowest BCUT2D eigenvalue weighted by Gasteiger charge is -2.14.